The summed E-state index contributed by atoms with van der Waals surface area (Å²) >= 11 is 0. The van der Waals surface area contributed by atoms with Gasteiger partial charge >= 0.3 is 5.97 Å². The van der Waals surface area contributed by atoms with E-state index in [4.69, 9.17) is 4.74 Å². The lowest BCUT2D eigenvalue weighted by Crippen LogP contribution is -2.45. The summed E-state index contributed by atoms with van der Waals surface area (Å²) in [4.78, 5) is 24.6. The fourth-order valence-corrected chi connectivity index (χ4v) is 11.4. The lowest BCUT2D eigenvalue weighted by molar-refractivity contribution is -0.143. The average Bonchev–Trinajstić information content (AvgIpc) is 3.43. The van der Waals surface area contributed by atoms with Gasteiger partial charge in [-0.05, 0) is 51.4 Å². The predicted octanol–water partition coefficient (Wildman–Crippen LogP) is 22.8. The Kier molecular flexibility index (Phi) is 65.9. The van der Waals surface area contributed by atoms with Gasteiger partial charge in [-0.1, -0.05) is 353 Å². The molecule has 0 saturated carbocycles. The van der Waals surface area contributed by atoms with Crippen molar-refractivity contribution in [1.82, 2.24) is 5.32 Å². The third-order valence-corrected chi connectivity index (χ3v) is 16.8. The standard InChI is InChI=1S/C71H139NO5/c1-3-5-7-9-11-13-15-17-39-43-47-51-55-59-63-69(74)68(67-73)72-70(75)64-60-56-52-48-44-40-37-35-33-31-29-27-25-23-21-19-20-22-24-26-28-30-32-34-36-38-42-46-50-54-58-62-66-77-71(76)65-61-57-53-49-45-41-18-16-14-12-10-8-6-4-2/h16,18,68-69,73-74H,3-15,17,19-67H2,1-2H3,(H,72,75)/b18-16-. The molecular weight excluding hydrogens is 947 g/mol. The topological polar surface area (TPSA) is 95.9 Å². The molecule has 458 valence electrons. The number of esters is 1. The average molecular weight is 1090 g/mol. The summed E-state index contributed by atoms with van der Waals surface area (Å²) in [6.45, 7) is 4.98. The van der Waals surface area contributed by atoms with Crippen LogP contribution >= 0.6 is 0 Å². The predicted molar refractivity (Wildman–Crippen MR) is 338 cm³/mol. The first-order valence-electron chi connectivity index (χ1n) is 35.4. The Balaban J connectivity index is 3.30. The molecule has 0 fully saturated rings. The molecule has 0 radical (unpaired) electrons. The highest BCUT2D eigenvalue weighted by molar-refractivity contribution is 5.76. The number of carbonyl (C=O) groups excluding carboxylic acids is 2. The lowest BCUT2D eigenvalue weighted by Gasteiger charge is -2.22. The molecule has 3 N–H and O–H groups in total. The minimum Gasteiger partial charge on any atom is -0.466 e. The molecule has 6 nitrogen and oxygen atoms in total. The number of allylic oxidation sites excluding steroid dienone is 2. The number of rotatable bonds is 67. The van der Waals surface area contributed by atoms with Crippen molar-refractivity contribution in [2.45, 2.75) is 418 Å². The number of nitrogens with one attached hydrogen (secondary N) is 1. The molecule has 0 aromatic rings. The van der Waals surface area contributed by atoms with Gasteiger partial charge in [0.1, 0.15) is 0 Å². The zero-order valence-electron chi connectivity index (χ0n) is 52.5. The molecule has 0 aromatic carbocycles. The zero-order chi connectivity index (χ0) is 55.7. The Morgan fingerprint density at radius 3 is 0.922 bits per heavy atom. The van der Waals surface area contributed by atoms with Gasteiger partial charge in [0, 0.05) is 12.8 Å². The third-order valence-electron chi connectivity index (χ3n) is 16.8. The molecule has 2 atom stereocenters. The Morgan fingerprint density at radius 2 is 0.610 bits per heavy atom. The fourth-order valence-electron chi connectivity index (χ4n) is 11.4. The van der Waals surface area contributed by atoms with Crippen molar-refractivity contribution >= 4 is 11.9 Å². The van der Waals surface area contributed by atoms with Gasteiger partial charge in [-0.25, -0.2) is 0 Å². The van der Waals surface area contributed by atoms with Crippen molar-refractivity contribution in [2.75, 3.05) is 13.2 Å². The van der Waals surface area contributed by atoms with Crippen LogP contribution in [0.1, 0.15) is 406 Å². The van der Waals surface area contributed by atoms with Gasteiger partial charge in [-0.3, -0.25) is 9.59 Å². The van der Waals surface area contributed by atoms with Gasteiger partial charge < -0.3 is 20.3 Å². The van der Waals surface area contributed by atoms with Gasteiger partial charge in [0.15, 0.2) is 0 Å². The molecule has 2 unspecified atom stereocenters. The number of ether oxygens (including phenoxy) is 1. The molecular formula is C71H139NO5. The SMILES string of the molecule is CCCCCCC/C=C\CCCCCCCC(=O)OCCCCCCCCCCCCCCCCCCCCCCCCCCCCCCCCCCC(=O)NC(CO)C(O)CCCCCCCCCCCCCCCC. The molecule has 0 heterocycles. The van der Waals surface area contributed by atoms with Crippen molar-refractivity contribution < 1.29 is 24.5 Å². The Labute approximate surface area is 482 Å². The van der Waals surface area contributed by atoms with E-state index in [0.29, 0.717) is 25.9 Å². The summed E-state index contributed by atoms with van der Waals surface area (Å²) in [5.74, 6) is -0.0141. The van der Waals surface area contributed by atoms with Crippen LogP contribution in [0.25, 0.3) is 0 Å². The van der Waals surface area contributed by atoms with Crippen molar-refractivity contribution in [1.29, 1.82) is 0 Å². The quantitative estimate of drug-likeness (QED) is 0.0320. The van der Waals surface area contributed by atoms with Crippen LogP contribution < -0.4 is 5.32 Å². The van der Waals surface area contributed by atoms with Crippen molar-refractivity contribution in [2.24, 2.45) is 0 Å². The second-order valence-corrected chi connectivity index (χ2v) is 24.6. The summed E-state index contributed by atoms with van der Waals surface area (Å²) in [7, 11) is 0. The van der Waals surface area contributed by atoms with Gasteiger partial charge in [0.05, 0.1) is 25.4 Å². The number of aliphatic hydroxyl groups excluding tert-OH is 2. The van der Waals surface area contributed by atoms with E-state index in [0.717, 1.165) is 44.9 Å². The molecule has 1 amide bonds. The van der Waals surface area contributed by atoms with Crippen molar-refractivity contribution in [3.05, 3.63) is 12.2 Å². The summed E-state index contributed by atoms with van der Waals surface area (Å²) in [6.07, 6.45) is 82.7. The molecule has 0 rings (SSSR count). The summed E-state index contributed by atoms with van der Waals surface area (Å²) < 4.78 is 5.49. The van der Waals surface area contributed by atoms with E-state index >= 15 is 0 Å². The highest BCUT2D eigenvalue weighted by atomic mass is 16.5. The van der Waals surface area contributed by atoms with Crippen LogP contribution in [-0.4, -0.2) is 47.4 Å². The number of aliphatic hydroxyl groups is 2. The maximum absolute atomic E-state index is 12.5. The van der Waals surface area contributed by atoms with Crippen LogP contribution in [0.2, 0.25) is 0 Å². The number of carbonyl (C=O) groups is 2. The van der Waals surface area contributed by atoms with Gasteiger partial charge in [-0.2, -0.15) is 0 Å². The first-order chi connectivity index (χ1) is 38.0. The van der Waals surface area contributed by atoms with E-state index in [9.17, 15) is 19.8 Å². The molecule has 6 heteroatoms. The Bertz CT molecular complexity index is 1160. The molecule has 0 bridgehead atoms. The largest absolute Gasteiger partial charge is 0.466 e. The second-order valence-electron chi connectivity index (χ2n) is 24.6. The molecule has 0 aliphatic carbocycles. The van der Waals surface area contributed by atoms with E-state index in [1.54, 1.807) is 0 Å². The van der Waals surface area contributed by atoms with E-state index in [-0.39, 0.29) is 18.5 Å². The van der Waals surface area contributed by atoms with E-state index in [2.05, 4.69) is 31.3 Å². The highest BCUT2D eigenvalue weighted by Gasteiger charge is 2.20. The number of amides is 1. The van der Waals surface area contributed by atoms with Gasteiger partial charge in [-0.15, -0.1) is 0 Å². The minimum absolute atomic E-state index is 0.0134. The van der Waals surface area contributed by atoms with Crippen molar-refractivity contribution in [3.63, 3.8) is 0 Å². The van der Waals surface area contributed by atoms with E-state index in [1.165, 1.54) is 327 Å². The fraction of sp³-hybridized carbons (Fsp3) is 0.944. The van der Waals surface area contributed by atoms with Crippen LogP contribution in [0.5, 0.6) is 0 Å². The van der Waals surface area contributed by atoms with E-state index in [1.807, 2.05) is 0 Å². The molecule has 0 saturated heterocycles. The smallest absolute Gasteiger partial charge is 0.305 e. The van der Waals surface area contributed by atoms with Crippen LogP contribution in [-0.2, 0) is 14.3 Å². The Hall–Kier alpha value is -1.40. The maximum atomic E-state index is 12.5. The normalized spacial score (nSPS) is 12.5. The monoisotopic (exact) mass is 1090 g/mol. The summed E-state index contributed by atoms with van der Waals surface area (Å²) in [6, 6.07) is -0.537. The Morgan fingerprint density at radius 1 is 0.351 bits per heavy atom. The first-order valence-corrected chi connectivity index (χ1v) is 35.4. The van der Waals surface area contributed by atoms with Crippen LogP contribution in [0, 0.1) is 0 Å². The molecule has 0 aromatic heterocycles. The van der Waals surface area contributed by atoms with Crippen molar-refractivity contribution in [3.8, 4) is 0 Å². The second kappa shape index (κ2) is 67.1. The van der Waals surface area contributed by atoms with Crippen LogP contribution in [0.15, 0.2) is 12.2 Å². The van der Waals surface area contributed by atoms with E-state index < -0.39 is 12.1 Å². The summed E-state index contributed by atoms with van der Waals surface area (Å²) in [5, 5.41) is 23.3. The molecule has 0 aliphatic rings. The number of hydrogen-bond donors (Lipinski definition) is 3. The highest BCUT2D eigenvalue weighted by Crippen LogP contribution is 2.19. The molecule has 0 aliphatic heterocycles. The summed E-state index contributed by atoms with van der Waals surface area (Å²) in [5.41, 5.74) is 0. The zero-order valence-corrected chi connectivity index (χ0v) is 52.5. The number of unbranched alkanes of at least 4 members (excludes halogenated alkanes) is 54. The lowest BCUT2D eigenvalue weighted by atomic mass is 10.0. The van der Waals surface area contributed by atoms with Gasteiger partial charge in [0.25, 0.3) is 0 Å². The van der Waals surface area contributed by atoms with Crippen LogP contribution in [0.4, 0.5) is 0 Å². The minimum atomic E-state index is -0.660. The maximum Gasteiger partial charge on any atom is 0.305 e. The number of hydrogen-bond acceptors (Lipinski definition) is 5. The first kappa shape index (κ1) is 75.6. The molecule has 77 heavy (non-hydrogen) atoms. The third kappa shape index (κ3) is 63.6. The molecule has 0 spiro atoms. The van der Waals surface area contributed by atoms with Crippen LogP contribution in [0.3, 0.4) is 0 Å². The van der Waals surface area contributed by atoms with Gasteiger partial charge in [0.2, 0.25) is 5.91 Å².